The van der Waals surface area contributed by atoms with Crippen LogP contribution in [0, 0.1) is 11.8 Å². The average Bonchev–Trinajstić information content (AvgIpc) is 3.11. The molecule has 0 amide bonds. The number of halogens is 2. The second-order valence-corrected chi connectivity index (χ2v) is 10.1. The number of nitrogens with one attached hydrogen (secondary N) is 1. The number of fused-ring (bicyclic) bond motifs is 1. The number of nitrogens with zero attached hydrogens (tertiary/aromatic N) is 5. The first kappa shape index (κ1) is 22.7. The van der Waals surface area contributed by atoms with Gasteiger partial charge in [0.1, 0.15) is 18.5 Å². The van der Waals surface area contributed by atoms with E-state index in [-0.39, 0.29) is 12.6 Å². The molecule has 0 aliphatic carbocycles. The Morgan fingerprint density at radius 2 is 2.03 bits per heavy atom. The summed E-state index contributed by atoms with van der Waals surface area (Å²) in [6.45, 7) is 7.41. The van der Waals surface area contributed by atoms with E-state index in [1.165, 1.54) is 12.8 Å². The van der Waals surface area contributed by atoms with E-state index in [2.05, 4.69) is 42.5 Å². The fraction of sp³-hybridized carbons (Fsp3) is 0.500. The van der Waals surface area contributed by atoms with Crippen LogP contribution in [0.15, 0.2) is 36.9 Å². The maximum Gasteiger partial charge on any atom is 0.164 e. The highest BCUT2D eigenvalue weighted by atomic mass is 35.5. The third-order valence-corrected chi connectivity index (χ3v) is 7.64. The molecule has 2 aliphatic rings. The maximum atomic E-state index is 9.29. The Bertz CT molecular complexity index is 1110. The van der Waals surface area contributed by atoms with Crippen molar-refractivity contribution in [2.75, 3.05) is 49.5 Å². The molecule has 9 heteroatoms. The van der Waals surface area contributed by atoms with Crippen molar-refractivity contribution in [2.45, 2.75) is 25.8 Å². The SMILES string of the molecule is C[C@@H](Nc1cc(N2CC([C@H]3CCCN(CCO)C3)C2)n2cncnc12)c1ccc(Cl)cc1Cl. The van der Waals surface area contributed by atoms with E-state index in [0.717, 1.165) is 55.4 Å². The molecule has 33 heavy (non-hydrogen) atoms. The van der Waals surface area contributed by atoms with Crippen molar-refractivity contribution in [3.63, 3.8) is 0 Å². The number of hydrogen-bond donors (Lipinski definition) is 2. The van der Waals surface area contributed by atoms with Gasteiger partial charge in [0.05, 0.1) is 18.3 Å². The van der Waals surface area contributed by atoms with Crippen molar-refractivity contribution >= 4 is 40.4 Å². The highest BCUT2D eigenvalue weighted by Gasteiger charge is 2.37. The Kier molecular flexibility index (Phi) is 6.65. The molecule has 0 unspecified atom stereocenters. The van der Waals surface area contributed by atoms with Gasteiger partial charge in [0.15, 0.2) is 5.65 Å². The van der Waals surface area contributed by atoms with Crippen LogP contribution in [0.5, 0.6) is 0 Å². The Morgan fingerprint density at radius 3 is 2.82 bits per heavy atom. The smallest absolute Gasteiger partial charge is 0.164 e. The molecule has 176 valence electrons. The molecule has 0 bridgehead atoms. The van der Waals surface area contributed by atoms with Gasteiger partial charge in [0.2, 0.25) is 0 Å². The van der Waals surface area contributed by atoms with E-state index in [0.29, 0.717) is 21.9 Å². The van der Waals surface area contributed by atoms with E-state index < -0.39 is 0 Å². The minimum Gasteiger partial charge on any atom is -0.395 e. The van der Waals surface area contributed by atoms with Gasteiger partial charge < -0.3 is 20.2 Å². The summed E-state index contributed by atoms with van der Waals surface area (Å²) < 4.78 is 2.06. The summed E-state index contributed by atoms with van der Waals surface area (Å²) in [7, 11) is 0. The molecule has 0 radical (unpaired) electrons. The van der Waals surface area contributed by atoms with Gasteiger partial charge in [0.25, 0.3) is 0 Å². The molecule has 2 N–H and O–H groups in total. The molecule has 2 saturated heterocycles. The first-order valence-electron chi connectivity index (χ1n) is 11.6. The van der Waals surface area contributed by atoms with Crippen LogP contribution < -0.4 is 10.2 Å². The predicted octanol–water partition coefficient (Wildman–Crippen LogP) is 4.35. The van der Waals surface area contributed by atoms with Gasteiger partial charge in [-0.15, -0.1) is 0 Å². The first-order valence-corrected chi connectivity index (χ1v) is 12.4. The summed E-state index contributed by atoms with van der Waals surface area (Å²) in [6, 6.07) is 7.75. The molecule has 2 aliphatic heterocycles. The van der Waals surface area contributed by atoms with Gasteiger partial charge in [-0.25, -0.2) is 9.97 Å². The standard InChI is InChI=1S/C24H30Cl2N6O/c1-16(20-5-4-19(25)9-21(20)26)29-22-10-23(32-15-27-14-28-24(22)32)31-12-18(13-31)17-3-2-6-30(11-17)7-8-33/h4-5,9-10,14-18,29,33H,2-3,6-8,11-13H2,1H3/t16-,17+/m1/s1. The summed E-state index contributed by atoms with van der Waals surface area (Å²) in [5, 5.41) is 14.1. The van der Waals surface area contributed by atoms with E-state index in [1.807, 2.05) is 18.5 Å². The minimum absolute atomic E-state index is 0.00679. The maximum absolute atomic E-state index is 9.29. The zero-order chi connectivity index (χ0) is 22.9. The van der Waals surface area contributed by atoms with Crippen LogP contribution in [0.1, 0.15) is 31.4 Å². The van der Waals surface area contributed by atoms with Gasteiger partial charge in [-0.1, -0.05) is 29.3 Å². The molecule has 2 fully saturated rings. The Balaban J connectivity index is 1.31. The first-order chi connectivity index (χ1) is 16.0. The quantitative estimate of drug-likeness (QED) is 0.515. The van der Waals surface area contributed by atoms with Crippen molar-refractivity contribution in [3.8, 4) is 0 Å². The zero-order valence-corrected chi connectivity index (χ0v) is 20.3. The molecule has 5 rings (SSSR count). The van der Waals surface area contributed by atoms with Crippen molar-refractivity contribution in [2.24, 2.45) is 11.8 Å². The fourth-order valence-corrected chi connectivity index (χ4v) is 5.84. The second kappa shape index (κ2) is 9.66. The van der Waals surface area contributed by atoms with Gasteiger partial charge in [0, 0.05) is 42.3 Å². The lowest BCUT2D eigenvalue weighted by atomic mass is 9.80. The topological polar surface area (TPSA) is 68.9 Å². The Hall–Kier alpha value is -2.06. The lowest BCUT2D eigenvalue weighted by molar-refractivity contribution is 0.101. The van der Waals surface area contributed by atoms with Crippen LogP contribution >= 0.6 is 23.2 Å². The molecule has 3 aromatic rings. The van der Waals surface area contributed by atoms with E-state index in [9.17, 15) is 5.11 Å². The van der Waals surface area contributed by atoms with E-state index in [1.54, 1.807) is 12.4 Å². The molecular formula is C24H30Cl2N6O. The van der Waals surface area contributed by atoms with Gasteiger partial charge >= 0.3 is 0 Å². The summed E-state index contributed by atoms with van der Waals surface area (Å²) in [4.78, 5) is 13.6. The summed E-state index contributed by atoms with van der Waals surface area (Å²) in [6.07, 6.45) is 5.92. The highest BCUT2D eigenvalue weighted by Crippen LogP contribution is 2.37. The Morgan fingerprint density at radius 1 is 1.18 bits per heavy atom. The van der Waals surface area contributed by atoms with Crippen LogP contribution in [-0.4, -0.2) is 63.7 Å². The number of aliphatic hydroxyl groups is 1. The number of piperidine rings is 1. The molecule has 7 nitrogen and oxygen atoms in total. The number of β-amino-alcohol motifs (C(OH)–C–C–N with tert-alkyl or cyclic N) is 1. The van der Waals surface area contributed by atoms with Crippen molar-refractivity contribution in [1.29, 1.82) is 0 Å². The highest BCUT2D eigenvalue weighted by molar-refractivity contribution is 6.35. The third kappa shape index (κ3) is 4.64. The number of hydrogen-bond acceptors (Lipinski definition) is 6. The predicted molar refractivity (Wildman–Crippen MR) is 133 cm³/mol. The van der Waals surface area contributed by atoms with Crippen LogP contribution in [-0.2, 0) is 0 Å². The fourth-order valence-electron chi connectivity index (χ4n) is 5.26. The summed E-state index contributed by atoms with van der Waals surface area (Å²) in [5.74, 6) is 2.50. The van der Waals surface area contributed by atoms with Crippen LogP contribution in [0.25, 0.3) is 5.65 Å². The number of anilines is 2. The lowest BCUT2D eigenvalue weighted by Crippen LogP contribution is -2.54. The third-order valence-electron chi connectivity index (χ3n) is 7.08. The monoisotopic (exact) mass is 488 g/mol. The molecule has 0 spiro atoms. The van der Waals surface area contributed by atoms with Gasteiger partial charge in [-0.05, 0) is 55.8 Å². The van der Waals surface area contributed by atoms with Gasteiger partial charge in [-0.3, -0.25) is 4.40 Å². The molecular weight excluding hydrogens is 459 g/mol. The van der Waals surface area contributed by atoms with Crippen molar-refractivity contribution < 1.29 is 5.11 Å². The van der Waals surface area contributed by atoms with E-state index in [4.69, 9.17) is 23.2 Å². The Labute approximate surface area is 204 Å². The zero-order valence-electron chi connectivity index (χ0n) is 18.8. The van der Waals surface area contributed by atoms with E-state index >= 15 is 0 Å². The molecule has 4 heterocycles. The lowest BCUT2D eigenvalue weighted by Gasteiger charge is -2.47. The number of aromatic nitrogens is 3. The summed E-state index contributed by atoms with van der Waals surface area (Å²) in [5.41, 5.74) is 2.80. The van der Waals surface area contributed by atoms with Crippen molar-refractivity contribution in [3.05, 3.63) is 52.5 Å². The van der Waals surface area contributed by atoms with Crippen molar-refractivity contribution in [1.82, 2.24) is 19.3 Å². The number of benzene rings is 1. The molecule has 1 aromatic carbocycles. The largest absolute Gasteiger partial charge is 0.395 e. The molecule has 2 atom stereocenters. The second-order valence-electron chi connectivity index (χ2n) is 9.24. The number of rotatable bonds is 7. The molecule has 2 aromatic heterocycles. The average molecular weight is 489 g/mol. The minimum atomic E-state index is -0.00679. The van der Waals surface area contributed by atoms with Crippen LogP contribution in [0.4, 0.5) is 11.5 Å². The van der Waals surface area contributed by atoms with Gasteiger partial charge in [-0.2, -0.15) is 0 Å². The number of likely N-dealkylation sites (tertiary alicyclic amines) is 1. The molecule has 0 saturated carbocycles. The van der Waals surface area contributed by atoms with Crippen LogP contribution in [0.3, 0.4) is 0 Å². The number of aliphatic hydroxyl groups excluding tert-OH is 1. The normalized spacial score (nSPS) is 20.7. The summed E-state index contributed by atoms with van der Waals surface area (Å²) >= 11 is 12.5. The van der Waals surface area contributed by atoms with Crippen LogP contribution in [0.2, 0.25) is 10.0 Å².